The lowest BCUT2D eigenvalue weighted by atomic mass is 10.0. The molecule has 3 amide bonds. The molecule has 4 heterocycles. The smallest absolute Gasteiger partial charge is 0.410 e. The van der Waals surface area contributed by atoms with Gasteiger partial charge in [0.25, 0.3) is 11.8 Å². The van der Waals surface area contributed by atoms with Gasteiger partial charge >= 0.3 is 12.1 Å². The number of thiazole rings is 1. The number of nitrogens with zero attached hydrogens (tertiary/aromatic N) is 4. The minimum atomic E-state index is -1.29. The number of carboxylic acids is 1. The minimum Gasteiger partial charge on any atom is -0.477 e. The Morgan fingerprint density at radius 1 is 1.34 bits per heavy atom. The molecule has 13 nitrogen and oxygen atoms in total. The average molecular weight is 523 g/mol. The van der Waals surface area contributed by atoms with Gasteiger partial charge in [0.15, 0.2) is 10.8 Å². The number of aliphatic carboxylic acids is 1. The van der Waals surface area contributed by atoms with Crippen LogP contribution in [0, 0.1) is 0 Å². The summed E-state index contributed by atoms with van der Waals surface area (Å²) < 4.78 is 5.18. The maximum absolute atomic E-state index is 12.8. The normalized spacial score (nSPS) is 22.3. The lowest BCUT2D eigenvalue weighted by molar-refractivity contribution is -0.150. The Morgan fingerprint density at radius 2 is 2.09 bits per heavy atom. The number of nitrogens with two attached hydrogens (primary N) is 1. The lowest BCUT2D eigenvalue weighted by Gasteiger charge is -2.49. The highest BCUT2D eigenvalue weighted by atomic mass is 32.2. The largest absolute Gasteiger partial charge is 0.477 e. The second-order valence-corrected chi connectivity index (χ2v) is 9.73. The van der Waals surface area contributed by atoms with E-state index in [1.54, 1.807) is 4.90 Å². The van der Waals surface area contributed by atoms with E-state index in [1.807, 2.05) is 0 Å². The van der Waals surface area contributed by atoms with Crippen LogP contribution in [0.15, 0.2) is 34.0 Å². The number of rotatable bonds is 7. The van der Waals surface area contributed by atoms with Gasteiger partial charge in [0, 0.05) is 24.2 Å². The van der Waals surface area contributed by atoms with Crippen LogP contribution in [0.5, 0.6) is 0 Å². The monoisotopic (exact) mass is 522 g/mol. The first kappa shape index (κ1) is 24.5. The summed E-state index contributed by atoms with van der Waals surface area (Å²) in [6.45, 7) is 1.29. The van der Waals surface area contributed by atoms with Crippen molar-refractivity contribution in [3.05, 3.63) is 34.5 Å². The predicted molar refractivity (Wildman–Crippen MR) is 126 cm³/mol. The number of amides is 3. The third-order valence-corrected chi connectivity index (χ3v) is 7.53. The summed E-state index contributed by atoms with van der Waals surface area (Å²) in [5.74, 6) is -2.50. The molecule has 1 aromatic rings. The average Bonchev–Trinajstić information content (AvgIpc) is 3.52. The zero-order valence-corrected chi connectivity index (χ0v) is 19.9. The van der Waals surface area contributed by atoms with Crippen LogP contribution in [0.25, 0.3) is 0 Å². The summed E-state index contributed by atoms with van der Waals surface area (Å²) in [4.78, 5) is 55.8. The number of oxime groups is 1. The molecular formula is C20H22N6O7S2. The molecule has 35 heavy (non-hydrogen) atoms. The van der Waals surface area contributed by atoms with E-state index in [2.05, 4.69) is 15.5 Å². The number of likely N-dealkylation sites (tertiary alicyclic amines) is 1. The number of hydrogen-bond donors (Lipinski definition) is 4. The molecule has 0 saturated carbocycles. The van der Waals surface area contributed by atoms with E-state index in [0.29, 0.717) is 18.7 Å². The quantitative estimate of drug-likeness (QED) is 0.169. The van der Waals surface area contributed by atoms with Gasteiger partial charge in [-0.2, -0.15) is 0 Å². The Kier molecular flexibility index (Phi) is 7.25. The number of allylic oxidation sites excluding steroid dienone is 1. The molecule has 0 unspecified atom stereocenters. The molecule has 2 saturated heterocycles. The minimum absolute atomic E-state index is 0.0309. The fourth-order valence-corrected chi connectivity index (χ4v) is 5.76. The van der Waals surface area contributed by atoms with Crippen LogP contribution in [0.4, 0.5) is 9.93 Å². The molecular weight excluding hydrogens is 500 g/mol. The molecule has 0 aliphatic carbocycles. The van der Waals surface area contributed by atoms with Crippen molar-refractivity contribution >= 4 is 57.8 Å². The van der Waals surface area contributed by atoms with E-state index >= 15 is 0 Å². The zero-order chi connectivity index (χ0) is 25.1. The first-order chi connectivity index (χ1) is 16.8. The Balaban J connectivity index is 1.40. The van der Waals surface area contributed by atoms with Gasteiger partial charge in [0.2, 0.25) is 0 Å². The molecule has 0 aromatic carbocycles. The first-order valence-corrected chi connectivity index (χ1v) is 12.5. The Labute approximate surface area is 207 Å². The molecule has 3 aliphatic heterocycles. The van der Waals surface area contributed by atoms with Crippen molar-refractivity contribution in [3.63, 3.8) is 0 Å². The molecule has 0 spiro atoms. The summed E-state index contributed by atoms with van der Waals surface area (Å²) >= 11 is 2.32. The van der Waals surface area contributed by atoms with Gasteiger partial charge in [0.05, 0.1) is 0 Å². The zero-order valence-electron chi connectivity index (χ0n) is 18.2. The number of nitrogen functional groups attached to an aromatic ring is 1. The standard InChI is InChI=1S/C20H22N6O7S2/c21-19-22-11(9-35-19)12(24-32)15(27)23-13-16(28)26-14(18(29)30)10(8-34-17(13)26)4-3-7-33-20(31)25-5-1-2-6-25/h3-4,9,13,17,32H,1-2,5-8H2,(H2,21,22)(H,23,27)(H,29,30)/b4-3-,24-12+/t13-,17-/m1/s1. The molecule has 15 heteroatoms. The van der Waals surface area contributed by atoms with Crippen LogP contribution in [-0.4, -0.2) is 91.6 Å². The number of hydrogen-bond acceptors (Lipinski definition) is 11. The number of β-lactam (4-membered cyclic amide) rings is 1. The Morgan fingerprint density at radius 3 is 2.71 bits per heavy atom. The number of thioether (sulfide) groups is 1. The van der Waals surface area contributed by atoms with E-state index in [-0.39, 0.29) is 28.9 Å². The van der Waals surface area contributed by atoms with Crippen molar-refractivity contribution in [2.75, 3.05) is 31.2 Å². The highest BCUT2D eigenvalue weighted by Crippen LogP contribution is 2.40. The summed E-state index contributed by atoms with van der Waals surface area (Å²) in [6.07, 6.45) is 4.51. The van der Waals surface area contributed by atoms with E-state index in [4.69, 9.17) is 10.5 Å². The van der Waals surface area contributed by atoms with Crippen LogP contribution >= 0.6 is 23.1 Å². The lowest BCUT2D eigenvalue weighted by Crippen LogP contribution is -2.71. The fraction of sp³-hybridized carbons (Fsp3) is 0.400. The van der Waals surface area contributed by atoms with Crippen LogP contribution in [0.1, 0.15) is 18.5 Å². The summed E-state index contributed by atoms with van der Waals surface area (Å²) in [6, 6.07) is -1.01. The van der Waals surface area contributed by atoms with Crippen molar-refractivity contribution in [1.82, 2.24) is 20.1 Å². The number of carbonyl (C=O) groups excluding carboxylic acids is 3. The second kappa shape index (κ2) is 10.4. The van der Waals surface area contributed by atoms with E-state index in [0.717, 1.165) is 29.1 Å². The van der Waals surface area contributed by atoms with Crippen molar-refractivity contribution in [2.24, 2.45) is 5.16 Å². The number of carboxylic acid groups (broad SMARTS) is 1. The number of carbonyl (C=O) groups is 4. The van der Waals surface area contributed by atoms with Gasteiger partial charge in [-0.3, -0.25) is 14.5 Å². The van der Waals surface area contributed by atoms with Crippen molar-refractivity contribution in [1.29, 1.82) is 0 Å². The number of nitrogens with one attached hydrogen (secondary N) is 1. The number of aromatic nitrogens is 1. The van der Waals surface area contributed by atoms with Crippen LogP contribution in [0.3, 0.4) is 0 Å². The highest BCUT2D eigenvalue weighted by molar-refractivity contribution is 8.00. The molecule has 2 atom stereocenters. The van der Waals surface area contributed by atoms with Crippen molar-refractivity contribution < 1.29 is 34.2 Å². The Hall–Kier alpha value is -3.59. The molecule has 0 radical (unpaired) electrons. The highest BCUT2D eigenvalue weighted by Gasteiger charge is 2.54. The number of ether oxygens (including phenoxy) is 1. The molecule has 3 aliphatic rings. The SMILES string of the molecule is Nc1nc(/C(=N\O)C(=O)N[C@@H]2C(=O)N3C(C(=O)O)=C(/C=C\COC(=O)N4CCCC4)CS[C@H]23)cs1. The molecule has 186 valence electrons. The molecule has 4 rings (SSSR count). The van der Waals surface area contributed by atoms with Gasteiger partial charge in [-0.15, -0.1) is 23.1 Å². The van der Waals surface area contributed by atoms with Crippen molar-refractivity contribution in [3.8, 4) is 0 Å². The van der Waals surface area contributed by atoms with E-state index in [9.17, 15) is 29.5 Å². The van der Waals surface area contributed by atoms with Gasteiger partial charge in [-0.25, -0.2) is 14.6 Å². The van der Waals surface area contributed by atoms with E-state index in [1.165, 1.54) is 29.3 Å². The van der Waals surface area contributed by atoms with Gasteiger partial charge in [0.1, 0.15) is 29.4 Å². The van der Waals surface area contributed by atoms with Crippen LogP contribution < -0.4 is 11.1 Å². The maximum Gasteiger partial charge on any atom is 0.410 e. The van der Waals surface area contributed by atoms with Crippen molar-refractivity contribution in [2.45, 2.75) is 24.3 Å². The van der Waals surface area contributed by atoms with Gasteiger partial charge < -0.3 is 31.0 Å². The number of anilines is 1. The summed E-state index contributed by atoms with van der Waals surface area (Å²) in [5.41, 5.74) is 5.37. The summed E-state index contributed by atoms with van der Waals surface area (Å²) in [5, 5.41) is 25.4. The second-order valence-electron chi connectivity index (χ2n) is 7.73. The fourth-order valence-electron chi connectivity index (χ4n) is 3.89. The topological polar surface area (TPSA) is 188 Å². The molecule has 0 bridgehead atoms. The predicted octanol–water partition coefficient (Wildman–Crippen LogP) is 0.431. The molecule has 2 fully saturated rings. The summed E-state index contributed by atoms with van der Waals surface area (Å²) in [7, 11) is 0. The van der Waals surface area contributed by atoms with Crippen LogP contribution in [0.2, 0.25) is 0 Å². The number of fused-ring (bicyclic) bond motifs is 1. The van der Waals surface area contributed by atoms with Gasteiger partial charge in [-0.1, -0.05) is 11.2 Å². The molecule has 1 aromatic heterocycles. The van der Waals surface area contributed by atoms with Gasteiger partial charge in [-0.05, 0) is 24.5 Å². The Bertz CT molecular complexity index is 1140. The first-order valence-electron chi connectivity index (χ1n) is 10.6. The maximum atomic E-state index is 12.8. The third-order valence-electron chi connectivity index (χ3n) is 5.55. The molecule has 5 N–H and O–H groups in total. The van der Waals surface area contributed by atoms with Crippen LogP contribution in [-0.2, 0) is 19.1 Å². The van der Waals surface area contributed by atoms with E-state index < -0.39 is 41.0 Å². The third kappa shape index (κ3) is 4.95.